The van der Waals surface area contributed by atoms with Crippen molar-refractivity contribution in [2.75, 3.05) is 13.1 Å². The van der Waals surface area contributed by atoms with Crippen molar-refractivity contribution in [2.24, 2.45) is 13.0 Å². The zero-order valence-electron chi connectivity index (χ0n) is 12.5. The van der Waals surface area contributed by atoms with Crippen molar-refractivity contribution in [3.8, 4) is 0 Å². The molecule has 2 heterocycles. The van der Waals surface area contributed by atoms with Gasteiger partial charge in [-0.1, -0.05) is 24.5 Å². The average Bonchev–Trinajstić information content (AvgIpc) is 2.89. The fourth-order valence-electron chi connectivity index (χ4n) is 3.01. The molecule has 0 bridgehead atoms. The normalized spacial score (nSPS) is 16.6. The molecule has 0 aliphatic heterocycles. The predicted octanol–water partition coefficient (Wildman–Crippen LogP) is 0.695. The molecule has 0 spiro atoms. The first-order chi connectivity index (χ1) is 10.3. The van der Waals surface area contributed by atoms with Gasteiger partial charge in [0.2, 0.25) is 0 Å². The molecule has 1 saturated carbocycles. The highest BCUT2D eigenvalue weighted by Gasteiger charge is 2.13. The molecule has 0 unspecified atom stereocenters. The van der Waals surface area contributed by atoms with Crippen LogP contribution in [0.5, 0.6) is 0 Å². The second-order valence-corrected chi connectivity index (χ2v) is 5.83. The number of fused-ring (bicyclic) bond motifs is 1. The first kappa shape index (κ1) is 14.2. The van der Waals surface area contributed by atoms with E-state index in [1.54, 1.807) is 17.9 Å². The third-order valence-electron chi connectivity index (χ3n) is 4.28. The summed E-state index contributed by atoms with van der Waals surface area (Å²) in [5, 5.41) is 16.0. The Morgan fingerprint density at radius 3 is 2.95 bits per heavy atom. The van der Waals surface area contributed by atoms with E-state index in [-0.39, 0.29) is 5.56 Å². The Labute approximate surface area is 123 Å². The lowest BCUT2D eigenvalue weighted by Gasteiger charge is -2.21. The first-order valence-corrected chi connectivity index (χ1v) is 7.72. The fourth-order valence-corrected chi connectivity index (χ4v) is 3.01. The van der Waals surface area contributed by atoms with E-state index in [2.05, 4.69) is 20.7 Å². The summed E-state index contributed by atoms with van der Waals surface area (Å²) >= 11 is 0. The predicted molar refractivity (Wildman–Crippen MR) is 80.0 cm³/mol. The number of hydrogen-bond acceptors (Lipinski definition) is 5. The van der Waals surface area contributed by atoms with E-state index in [1.807, 2.05) is 0 Å². The third kappa shape index (κ3) is 3.12. The van der Waals surface area contributed by atoms with Crippen LogP contribution in [0.4, 0.5) is 0 Å². The molecule has 0 radical (unpaired) electrons. The Balaban J connectivity index is 1.55. The molecule has 0 saturated heterocycles. The van der Waals surface area contributed by atoms with Gasteiger partial charge in [-0.25, -0.2) is 9.36 Å². The lowest BCUT2D eigenvalue weighted by molar-refractivity contribution is 0.338. The molecule has 3 rings (SSSR count). The highest BCUT2D eigenvalue weighted by molar-refractivity contribution is 5.72. The molecule has 0 amide bonds. The quantitative estimate of drug-likeness (QED) is 0.820. The molecule has 1 N–H and O–H groups in total. The summed E-state index contributed by atoms with van der Waals surface area (Å²) in [6.07, 6.45) is 8.30. The topological polar surface area (TPSA) is 77.6 Å². The van der Waals surface area contributed by atoms with Crippen LogP contribution in [0.25, 0.3) is 11.0 Å². The Hall–Kier alpha value is -1.76. The molecule has 1 aliphatic carbocycles. The van der Waals surface area contributed by atoms with Gasteiger partial charge in [0.15, 0.2) is 5.65 Å². The second kappa shape index (κ2) is 6.34. The van der Waals surface area contributed by atoms with Crippen molar-refractivity contribution in [1.82, 2.24) is 30.1 Å². The van der Waals surface area contributed by atoms with Gasteiger partial charge < -0.3 is 5.32 Å². The first-order valence-electron chi connectivity index (χ1n) is 7.72. The van der Waals surface area contributed by atoms with Gasteiger partial charge in [0, 0.05) is 13.6 Å². The van der Waals surface area contributed by atoms with Crippen LogP contribution in [0, 0.1) is 5.92 Å². The van der Waals surface area contributed by atoms with Gasteiger partial charge in [0.1, 0.15) is 5.39 Å². The van der Waals surface area contributed by atoms with Gasteiger partial charge in [0.25, 0.3) is 5.56 Å². The fraction of sp³-hybridized carbons (Fsp3) is 0.714. The van der Waals surface area contributed by atoms with Crippen LogP contribution in [0.15, 0.2) is 11.0 Å². The van der Waals surface area contributed by atoms with Crippen molar-refractivity contribution in [3.63, 3.8) is 0 Å². The number of nitrogens with zero attached hydrogens (tertiary/aromatic N) is 5. The molecule has 2 aromatic heterocycles. The van der Waals surface area contributed by atoms with Crippen molar-refractivity contribution < 1.29 is 0 Å². The zero-order valence-corrected chi connectivity index (χ0v) is 12.5. The van der Waals surface area contributed by atoms with E-state index in [1.165, 1.54) is 36.8 Å². The van der Waals surface area contributed by atoms with Gasteiger partial charge in [0.05, 0.1) is 12.7 Å². The molecular weight excluding hydrogens is 268 g/mol. The SMILES string of the molecule is Cn1ncc2c(=O)n(CCNCC3CCCCC3)nnc21. The van der Waals surface area contributed by atoms with Crippen LogP contribution in [-0.2, 0) is 13.6 Å². The summed E-state index contributed by atoms with van der Waals surface area (Å²) in [7, 11) is 1.76. The molecule has 2 aromatic rings. The minimum atomic E-state index is -0.118. The van der Waals surface area contributed by atoms with E-state index < -0.39 is 0 Å². The molecule has 7 nitrogen and oxygen atoms in total. The molecule has 0 aromatic carbocycles. The number of nitrogens with one attached hydrogen (secondary N) is 1. The molecular formula is C14H22N6O. The standard InChI is InChI=1S/C14H22N6O/c1-19-13-12(10-16-19)14(21)20(18-17-13)8-7-15-9-11-5-3-2-4-6-11/h10-11,15H,2-9H2,1H3. The van der Waals surface area contributed by atoms with Crippen molar-refractivity contribution in [1.29, 1.82) is 0 Å². The minimum absolute atomic E-state index is 0.118. The molecule has 1 fully saturated rings. The lowest BCUT2D eigenvalue weighted by atomic mass is 9.89. The van der Waals surface area contributed by atoms with Crippen LogP contribution >= 0.6 is 0 Å². The highest BCUT2D eigenvalue weighted by Crippen LogP contribution is 2.22. The minimum Gasteiger partial charge on any atom is -0.315 e. The summed E-state index contributed by atoms with van der Waals surface area (Å²) < 4.78 is 2.98. The third-order valence-corrected chi connectivity index (χ3v) is 4.28. The van der Waals surface area contributed by atoms with Crippen molar-refractivity contribution in [2.45, 2.75) is 38.6 Å². The van der Waals surface area contributed by atoms with Crippen LogP contribution in [0.1, 0.15) is 32.1 Å². The molecule has 0 atom stereocenters. The summed E-state index contributed by atoms with van der Waals surface area (Å²) in [6, 6.07) is 0. The maximum atomic E-state index is 12.2. The van der Waals surface area contributed by atoms with Gasteiger partial charge >= 0.3 is 0 Å². The van der Waals surface area contributed by atoms with Crippen LogP contribution in [-0.4, -0.2) is 37.9 Å². The van der Waals surface area contributed by atoms with Crippen LogP contribution < -0.4 is 10.9 Å². The number of hydrogen-bond donors (Lipinski definition) is 1. The van der Waals surface area contributed by atoms with Gasteiger partial charge in [-0.15, -0.1) is 5.10 Å². The number of aryl methyl sites for hydroxylation is 1. The summed E-state index contributed by atoms with van der Waals surface area (Å²) in [6.45, 7) is 2.33. The monoisotopic (exact) mass is 290 g/mol. The molecule has 114 valence electrons. The summed E-state index contributed by atoms with van der Waals surface area (Å²) in [5.41, 5.74) is 0.416. The maximum Gasteiger partial charge on any atom is 0.280 e. The zero-order chi connectivity index (χ0) is 14.7. The van der Waals surface area contributed by atoms with Crippen molar-refractivity contribution >= 4 is 11.0 Å². The van der Waals surface area contributed by atoms with E-state index in [0.717, 1.165) is 19.0 Å². The second-order valence-electron chi connectivity index (χ2n) is 5.83. The van der Waals surface area contributed by atoms with Crippen LogP contribution in [0.3, 0.4) is 0 Å². The molecule has 1 aliphatic rings. The average molecular weight is 290 g/mol. The maximum absolute atomic E-state index is 12.2. The summed E-state index contributed by atoms with van der Waals surface area (Å²) in [4.78, 5) is 12.2. The van der Waals surface area contributed by atoms with E-state index in [0.29, 0.717) is 17.6 Å². The van der Waals surface area contributed by atoms with Gasteiger partial charge in [-0.3, -0.25) is 4.79 Å². The highest BCUT2D eigenvalue weighted by atomic mass is 16.1. The van der Waals surface area contributed by atoms with Gasteiger partial charge in [-0.05, 0) is 25.3 Å². The van der Waals surface area contributed by atoms with E-state index in [9.17, 15) is 4.79 Å². The Morgan fingerprint density at radius 1 is 1.33 bits per heavy atom. The Bertz CT molecular complexity index is 655. The molecule has 7 heteroatoms. The number of rotatable bonds is 5. The van der Waals surface area contributed by atoms with E-state index >= 15 is 0 Å². The van der Waals surface area contributed by atoms with Crippen molar-refractivity contribution in [3.05, 3.63) is 16.6 Å². The Kier molecular flexibility index (Phi) is 4.28. The lowest BCUT2D eigenvalue weighted by Crippen LogP contribution is -2.32. The molecule has 21 heavy (non-hydrogen) atoms. The van der Waals surface area contributed by atoms with Crippen LogP contribution in [0.2, 0.25) is 0 Å². The summed E-state index contributed by atoms with van der Waals surface area (Å²) in [5.74, 6) is 0.794. The van der Waals surface area contributed by atoms with E-state index in [4.69, 9.17) is 0 Å². The largest absolute Gasteiger partial charge is 0.315 e. The Morgan fingerprint density at radius 2 is 2.14 bits per heavy atom. The smallest absolute Gasteiger partial charge is 0.280 e. The number of aromatic nitrogens is 5. The van der Waals surface area contributed by atoms with Gasteiger partial charge in [-0.2, -0.15) is 5.10 Å².